The maximum atomic E-state index is 12.2. The van der Waals surface area contributed by atoms with Gasteiger partial charge in [0, 0.05) is 20.1 Å². The van der Waals surface area contributed by atoms with Crippen molar-refractivity contribution in [2.24, 2.45) is 0 Å². The Balaban J connectivity index is 2.02. The van der Waals surface area contributed by atoms with Crippen molar-refractivity contribution in [3.8, 4) is 0 Å². The molecule has 1 N–H and O–H groups in total. The van der Waals surface area contributed by atoms with E-state index in [4.69, 9.17) is 0 Å². The van der Waals surface area contributed by atoms with E-state index in [1.165, 1.54) is 16.9 Å². The molecule has 0 aliphatic heterocycles. The summed E-state index contributed by atoms with van der Waals surface area (Å²) in [6.07, 6.45) is 0. The zero-order valence-corrected chi connectivity index (χ0v) is 12.7. The van der Waals surface area contributed by atoms with Crippen molar-refractivity contribution in [1.29, 1.82) is 0 Å². The summed E-state index contributed by atoms with van der Waals surface area (Å²) in [6, 6.07) is 8.15. The molecule has 0 unspecified atom stereocenters. The summed E-state index contributed by atoms with van der Waals surface area (Å²) < 4.78 is 0. The molecular weight excluding hydrogens is 272 g/mol. The molecule has 0 spiro atoms. The monoisotopic (exact) mass is 290 g/mol. The van der Waals surface area contributed by atoms with Crippen molar-refractivity contribution >= 4 is 22.4 Å². The van der Waals surface area contributed by atoms with Gasteiger partial charge in [0.15, 0.2) is 0 Å². The largest absolute Gasteiger partial charge is 0.360 e. The Kier molecular flexibility index (Phi) is 4.68. The summed E-state index contributed by atoms with van der Waals surface area (Å²) in [5, 5.41) is 12.0. The molecule has 0 atom stereocenters. The second kappa shape index (κ2) is 6.47. The summed E-state index contributed by atoms with van der Waals surface area (Å²) in [7, 11) is 1.77. The number of carbonyl (C=O) groups is 1. The average molecular weight is 290 g/mol. The SMILES string of the molecule is CCNc1nnc(C(=O)N(C)Cc2ccc(C)cc2)s1. The molecule has 1 amide bonds. The Morgan fingerprint density at radius 2 is 2.00 bits per heavy atom. The molecule has 0 aliphatic carbocycles. The Hall–Kier alpha value is -1.95. The molecule has 0 bridgehead atoms. The van der Waals surface area contributed by atoms with Crippen LogP contribution in [-0.4, -0.2) is 34.6 Å². The minimum absolute atomic E-state index is 0.104. The molecule has 20 heavy (non-hydrogen) atoms. The lowest BCUT2D eigenvalue weighted by molar-refractivity contribution is 0.0784. The highest BCUT2D eigenvalue weighted by atomic mass is 32.1. The van der Waals surface area contributed by atoms with E-state index in [1.807, 2.05) is 38.1 Å². The first-order chi connectivity index (χ1) is 9.60. The lowest BCUT2D eigenvalue weighted by Gasteiger charge is -2.15. The molecule has 2 rings (SSSR count). The zero-order valence-electron chi connectivity index (χ0n) is 11.9. The molecule has 1 aromatic heterocycles. The van der Waals surface area contributed by atoms with E-state index in [0.29, 0.717) is 16.7 Å². The van der Waals surface area contributed by atoms with Crippen molar-refractivity contribution in [2.45, 2.75) is 20.4 Å². The van der Waals surface area contributed by atoms with Crippen molar-refractivity contribution in [3.05, 3.63) is 40.4 Å². The number of anilines is 1. The van der Waals surface area contributed by atoms with Gasteiger partial charge in [0.1, 0.15) is 0 Å². The van der Waals surface area contributed by atoms with Gasteiger partial charge in [-0.1, -0.05) is 41.2 Å². The molecule has 0 saturated heterocycles. The number of aryl methyl sites for hydroxylation is 1. The molecule has 0 fully saturated rings. The topological polar surface area (TPSA) is 58.1 Å². The second-order valence-corrected chi connectivity index (χ2v) is 5.57. The molecule has 0 radical (unpaired) electrons. The fourth-order valence-electron chi connectivity index (χ4n) is 1.73. The van der Waals surface area contributed by atoms with Gasteiger partial charge < -0.3 is 10.2 Å². The molecule has 1 heterocycles. The number of nitrogens with one attached hydrogen (secondary N) is 1. The van der Waals surface area contributed by atoms with Gasteiger partial charge in [0.25, 0.3) is 5.91 Å². The van der Waals surface area contributed by atoms with Gasteiger partial charge in [0.2, 0.25) is 10.1 Å². The van der Waals surface area contributed by atoms with Crippen molar-refractivity contribution in [1.82, 2.24) is 15.1 Å². The molecule has 1 aromatic carbocycles. The summed E-state index contributed by atoms with van der Waals surface area (Å²) in [6.45, 7) is 5.35. The lowest BCUT2D eigenvalue weighted by Crippen LogP contribution is -2.26. The molecule has 5 nitrogen and oxygen atoms in total. The van der Waals surface area contributed by atoms with Crippen LogP contribution in [0.4, 0.5) is 5.13 Å². The predicted octanol–water partition coefficient (Wildman–Crippen LogP) is 2.55. The van der Waals surface area contributed by atoms with Gasteiger partial charge in [-0.2, -0.15) is 0 Å². The fraction of sp³-hybridized carbons (Fsp3) is 0.357. The highest BCUT2D eigenvalue weighted by Crippen LogP contribution is 2.17. The first kappa shape index (κ1) is 14.5. The number of aromatic nitrogens is 2. The normalized spacial score (nSPS) is 10.3. The van der Waals surface area contributed by atoms with E-state index >= 15 is 0 Å². The quantitative estimate of drug-likeness (QED) is 0.919. The summed E-state index contributed by atoms with van der Waals surface area (Å²) >= 11 is 1.28. The zero-order chi connectivity index (χ0) is 14.5. The Bertz CT molecular complexity index is 579. The van der Waals surface area contributed by atoms with E-state index in [9.17, 15) is 4.79 Å². The van der Waals surface area contributed by atoms with Gasteiger partial charge in [-0.3, -0.25) is 4.79 Å². The first-order valence-electron chi connectivity index (χ1n) is 6.48. The van der Waals surface area contributed by atoms with Crippen LogP contribution in [0.1, 0.15) is 27.9 Å². The average Bonchev–Trinajstić information content (AvgIpc) is 2.89. The van der Waals surface area contributed by atoms with Crippen LogP contribution in [0, 0.1) is 6.92 Å². The Labute approximate surface area is 122 Å². The third kappa shape index (κ3) is 3.54. The van der Waals surface area contributed by atoms with Gasteiger partial charge in [-0.25, -0.2) is 0 Å². The number of nitrogens with zero attached hydrogens (tertiary/aromatic N) is 3. The predicted molar refractivity (Wildman–Crippen MR) is 81.0 cm³/mol. The van der Waals surface area contributed by atoms with Crippen LogP contribution in [0.2, 0.25) is 0 Å². The van der Waals surface area contributed by atoms with Crippen molar-refractivity contribution < 1.29 is 4.79 Å². The number of carbonyl (C=O) groups excluding carboxylic acids is 1. The standard InChI is InChI=1S/C14H18N4OS/c1-4-15-14-17-16-12(20-14)13(19)18(3)9-11-7-5-10(2)6-8-11/h5-8H,4,9H2,1-3H3,(H,15,17). The lowest BCUT2D eigenvalue weighted by atomic mass is 10.1. The maximum Gasteiger partial charge on any atom is 0.284 e. The molecule has 106 valence electrons. The summed E-state index contributed by atoms with van der Waals surface area (Å²) in [4.78, 5) is 13.9. The number of hydrogen-bond acceptors (Lipinski definition) is 5. The molecular formula is C14H18N4OS. The van der Waals surface area contributed by atoms with E-state index in [-0.39, 0.29) is 5.91 Å². The van der Waals surface area contributed by atoms with Crippen LogP contribution in [0.5, 0.6) is 0 Å². The van der Waals surface area contributed by atoms with Crippen LogP contribution in [0.3, 0.4) is 0 Å². The number of benzene rings is 1. The van der Waals surface area contributed by atoms with Crippen LogP contribution in [-0.2, 0) is 6.54 Å². The smallest absolute Gasteiger partial charge is 0.284 e. The summed E-state index contributed by atoms with van der Waals surface area (Å²) in [5.74, 6) is -0.104. The minimum Gasteiger partial charge on any atom is -0.360 e. The van der Waals surface area contributed by atoms with Gasteiger partial charge >= 0.3 is 0 Å². The fourth-order valence-corrected chi connectivity index (χ4v) is 2.54. The third-order valence-electron chi connectivity index (χ3n) is 2.82. The van der Waals surface area contributed by atoms with Gasteiger partial charge in [-0.15, -0.1) is 10.2 Å². The summed E-state index contributed by atoms with van der Waals surface area (Å²) in [5.41, 5.74) is 2.31. The van der Waals surface area contributed by atoms with E-state index < -0.39 is 0 Å². The first-order valence-corrected chi connectivity index (χ1v) is 7.30. The van der Waals surface area contributed by atoms with Gasteiger partial charge in [-0.05, 0) is 19.4 Å². The highest BCUT2D eigenvalue weighted by Gasteiger charge is 2.17. The second-order valence-electron chi connectivity index (χ2n) is 4.59. The van der Waals surface area contributed by atoms with Crippen LogP contribution < -0.4 is 5.32 Å². The van der Waals surface area contributed by atoms with E-state index in [1.54, 1.807) is 11.9 Å². The molecule has 0 aliphatic rings. The third-order valence-corrected chi connectivity index (χ3v) is 3.69. The minimum atomic E-state index is -0.104. The Morgan fingerprint density at radius 1 is 1.30 bits per heavy atom. The van der Waals surface area contributed by atoms with Crippen LogP contribution >= 0.6 is 11.3 Å². The van der Waals surface area contributed by atoms with Crippen LogP contribution in [0.25, 0.3) is 0 Å². The van der Waals surface area contributed by atoms with Crippen molar-refractivity contribution in [3.63, 3.8) is 0 Å². The van der Waals surface area contributed by atoms with Gasteiger partial charge in [0.05, 0.1) is 0 Å². The number of amides is 1. The molecule has 2 aromatic rings. The van der Waals surface area contributed by atoms with E-state index in [0.717, 1.165) is 12.1 Å². The number of hydrogen-bond donors (Lipinski definition) is 1. The van der Waals surface area contributed by atoms with Crippen LogP contribution in [0.15, 0.2) is 24.3 Å². The highest BCUT2D eigenvalue weighted by molar-refractivity contribution is 7.17. The molecule has 0 saturated carbocycles. The Morgan fingerprint density at radius 3 is 2.65 bits per heavy atom. The molecule has 6 heteroatoms. The van der Waals surface area contributed by atoms with Crippen molar-refractivity contribution in [2.75, 3.05) is 18.9 Å². The number of rotatable bonds is 5. The van der Waals surface area contributed by atoms with E-state index in [2.05, 4.69) is 15.5 Å². The maximum absolute atomic E-state index is 12.2.